The summed E-state index contributed by atoms with van der Waals surface area (Å²) in [6, 6.07) is 2.96. The Morgan fingerprint density at radius 2 is 2.11 bits per heavy atom. The number of carbonyl (C=O) groups excluding carboxylic acids is 1. The van der Waals surface area contributed by atoms with Crippen LogP contribution in [0, 0.1) is 12.7 Å². The first kappa shape index (κ1) is 16.8. The van der Waals surface area contributed by atoms with Crippen molar-refractivity contribution in [1.82, 2.24) is 0 Å². The van der Waals surface area contributed by atoms with Crippen molar-refractivity contribution in [3.63, 3.8) is 0 Å². The topological polar surface area (TPSA) is 52.3 Å². The summed E-state index contributed by atoms with van der Waals surface area (Å²) in [4.78, 5) is 11.2. The predicted octanol–water partition coefficient (Wildman–Crippen LogP) is 2.46. The van der Waals surface area contributed by atoms with Gasteiger partial charge in [0.15, 0.2) is 0 Å². The van der Waals surface area contributed by atoms with E-state index in [2.05, 4.69) is 4.74 Å². The average Bonchev–Trinajstić information content (AvgIpc) is 2.31. The molecule has 0 saturated heterocycles. The second-order valence-corrected chi connectivity index (χ2v) is 3.63. The van der Waals surface area contributed by atoms with Gasteiger partial charge >= 0.3 is 5.97 Å². The first-order chi connectivity index (χ1) is 7.99. The Labute approximate surface area is 111 Å². The Bertz CT molecular complexity index is 415. The van der Waals surface area contributed by atoms with Gasteiger partial charge in [0.1, 0.15) is 5.82 Å². The molecule has 0 amide bonds. The summed E-state index contributed by atoms with van der Waals surface area (Å²) in [5.41, 5.74) is 6.11. The van der Waals surface area contributed by atoms with Crippen LogP contribution in [0.4, 0.5) is 8.78 Å². The van der Waals surface area contributed by atoms with E-state index in [0.29, 0.717) is 0 Å². The van der Waals surface area contributed by atoms with E-state index in [-0.39, 0.29) is 30.1 Å². The molecule has 0 spiro atoms. The number of rotatable bonds is 4. The predicted molar refractivity (Wildman–Crippen MR) is 66.8 cm³/mol. The number of nitrogens with two attached hydrogens (primary N) is 1. The summed E-state index contributed by atoms with van der Waals surface area (Å²) < 4.78 is 31.4. The normalized spacial score (nSPS) is 13.4. The maximum atomic E-state index is 13.7. The highest BCUT2D eigenvalue weighted by molar-refractivity contribution is 5.85. The Hall–Kier alpha value is -1.20. The zero-order chi connectivity index (χ0) is 13.0. The van der Waals surface area contributed by atoms with Crippen LogP contribution in [0.25, 0.3) is 0 Å². The van der Waals surface area contributed by atoms with E-state index in [4.69, 9.17) is 5.73 Å². The molecule has 0 heterocycles. The van der Waals surface area contributed by atoms with Gasteiger partial charge in [-0.2, -0.15) is 0 Å². The largest absolute Gasteiger partial charge is 0.464 e. The first-order valence-corrected chi connectivity index (χ1v) is 5.30. The van der Waals surface area contributed by atoms with Gasteiger partial charge in [0.25, 0.3) is 0 Å². The van der Waals surface area contributed by atoms with Crippen LogP contribution < -0.4 is 5.73 Å². The number of carbonyl (C=O) groups is 1. The van der Waals surface area contributed by atoms with E-state index in [9.17, 15) is 13.6 Å². The molecule has 18 heavy (non-hydrogen) atoms. The van der Waals surface area contributed by atoms with Gasteiger partial charge in [-0.25, -0.2) is 13.6 Å². The fraction of sp³-hybridized carbons (Fsp3) is 0.417. The minimum absolute atomic E-state index is 0. The molecule has 0 saturated carbocycles. The molecule has 0 radical (unpaired) electrons. The van der Waals surface area contributed by atoms with Gasteiger partial charge in [0.2, 0.25) is 6.17 Å². The van der Waals surface area contributed by atoms with E-state index in [1.54, 1.807) is 6.92 Å². The molecule has 1 unspecified atom stereocenters. The van der Waals surface area contributed by atoms with Crippen LogP contribution in [0.3, 0.4) is 0 Å². The van der Waals surface area contributed by atoms with Gasteiger partial charge in [-0.15, -0.1) is 12.4 Å². The third kappa shape index (κ3) is 3.65. The van der Waals surface area contributed by atoms with Crippen LogP contribution in [0.15, 0.2) is 18.2 Å². The lowest BCUT2D eigenvalue weighted by Gasteiger charge is -2.18. The summed E-state index contributed by atoms with van der Waals surface area (Å²) >= 11 is 0. The number of esters is 1. The van der Waals surface area contributed by atoms with Crippen molar-refractivity contribution in [1.29, 1.82) is 0 Å². The lowest BCUT2D eigenvalue weighted by Crippen LogP contribution is -2.32. The van der Waals surface area contributed by atoms with Crippen molar-refractivity contribution in [2.75, 3.05) is 6.61 Å². The minimum Gasteiger partial charge on any atom is -0.464 e. The summed E-state index contributed by atoms with van der Waals surface area (Å²) in [5.74, 6) is -1.50. The number of benzene rings is 1. The summed E-state index contributed by atoms with van der Waals surface area (Å²) in [7, 11) is 0. The van der Waals surface area contributed by atoms with Crippen LogP contribution in [0.2, 0.25) is 0 Å². The molecule has 0 bridgehead atoms. The Balaban J connectivity index is 0.00000289. The van der Waals surface area contributed by atoms with Crippen molar-refractivity contribution in [2.45, 2.75) is 26.1 Å². The van der Waals surface area contributed by atoms with E-state index >= 15 is 0 Å². The lowest BCUT2D eigenvalue weighted by atomic mass is 9.98. The zero-order valence-corrected chi connectivity index (χ0v) is 11.0. The summed E-state index contributed by atoms with van der Waals surface area (Å²) in [6.07, 6.45) is -1.99. The SMILES string of the molecule is CCOC(=O)C(F)[C@H](N)c1cccc(F)c1C.Cl. The highest BCUT2D eigenvalue weighted by Gasteiger charge is 2.29. The molecule has 0 aliphatic rings. The molecule has 1 aromatic rings. The van der Waals surface area contributed by atoms with Crippen molar-refractivity contribution in [2.24, 2.45) is 5.73 Å². The van der Waals surface area contributed by atoms with Gasteiger partial charge < -0.3 is 10.5 Å². The van der Waals surface area contributed by atoms with Crippen molar-refractivity contribution in [3.8, 4) is 0 Å². The lowest BCUT2D eigenvalue weighted by molar-refractivity contribution is -0.149. The standard InChI is InChI=1S/C12H15F2NO2.ClH/c1-3-17-12(16)10(14)11(15)8-5-4-6-9(13)7(8)2;/h4-6,10-11H,3,15H2,1-2H3;1H/t10?,11-;/m1./s1. The van der Waals surface area contributed by atoms with E-state index in [1.165, 1.54) is 25.1 Å². The van der Waals surface area contributed by atoms with Crippen molar-refractivity contribution in [3.05, 3.63) is 35.1 Å². The molecular weight excluding hydrogens is 264 g/mol. The molecule has 0 aliphatic heterocycles. The molecule has 1 rings (SSSR count). The van der Waals surface area contributed by atoms with E-state index in [0.717, 1.165) is 0 Å². The maximum Gasteiger partial charge on any atom is 0.342 e. The average molecular weight is 280 g/mol. The number of halogens is 3. The smallest absolute Gasteiger partial charge is 0.342 e. The number of hydrogen-bond acceptors (Lipinski definition) is 3. The van der Waals surface area contributed by atoms with Gasteiger partial charge in [-0.1, -0.05) is 12.1 Å². The first-order valence-electron chi connectivity index (χ1n) is 5.30. The highest BCUT2D eigenvalue weighted by Crippen LogP contribution is 2.23. The molecule has 3 nitrogen and oxygen atoms in total. The second kappa shape index (κ2) is 7.28. The second-order valence-electron chi connectivity index (χ2n) is 3.63. The number of alkyl halides is 1. The molecule has 102 valence electrons. The Morgan fingerprint density at radius 1 is 1.50 bits per heavy atom. The van der Waals surface area contributed by atoms with E-state index in [1.807, 2.05) is 0 Å². The van der Waals surface area contributed by atoms with Crippen molar-refractivity contribution < 1.29 is 18.3 Å². The van der Waals surface area contributed by atoms with Crippen LogP contribution in [0.1, 0.15) is 24.1 Å². The van der Waals surface area contributed by atoms with Gasteiger partial charge in [0, 0.05) is 0 Å². The molecule has 2 N–H and O–H groups in total. The fourth-order valence-electron chi connectivity index (χ4n) is 1.51. The third-order valence-corrected chi connectivity index (χ3v) is 2.50. The molecule has 6 heteroatoms. The molecule has 2 atom stereocenters. The zero-order valence-electron chi connectivity index (χ0n) is 10.2. The fourth-order valence-corrected chi connectivity index (χ4v) is 1.51. The Morgan fingerprint density at radius 3 is 2.67 bits per heavy atom. The van der Waals surface area contributed by atoms with Crippen LogP contribution >= 0.6 is 12.4 Å². The quantitative estimate of drug-likeness (QED) is 0.862. The van der Waals surface area contributed by atoms with Gasteiger partial charge in [-0.3, -0.25) is 0 Å². The van der Waals surface area contributed by atoms with Crippen LogP contribution in [-0.2, 0) is 9.53 Å². The number of ether oxygens (including phenoxy) is 1. The van der Waals surface area contributed by atoms with Gasteiger partial charge in [0.05, 0.1) is 12.6 Å². The van der Waals surface area contributed by atoms with Gasteiger partial charge in [-0.05, 0) is 31.0 Å². The Kier molecular flexibility index (Phi) is 6.80. The molecule has 0 aromatic heterocycles. The number of hydrogen-bond donors (Lipinski definition) is 1. The maximum absolute atomic E-state index is 13.7. The monoisotopic (exact) mass is 279 g/mol. The molecular formula is C12H16ClF2NO2. The molecule has 0 aliphatic carbocycles. The summed E-state index contributed by atoms with van der Waals surface area (Å²) in [5, 5.41) is 0. The molecule has 1 aromatic carbocycles. The minimum atomic E-state index is -1.99. The van der Waals surface area contributed by atoms with Crippen LogP contribution in [-0.4, -0.2) is 18.7 Å². The highest BCUT2D eigenvalue weighted by atomic mass is 35.5. The summed E-state index contributed by atoms with van der Waals surface area (Å²) in [6.45, 7) is 3.14. The van der Waals surface area contributed by atoms with Crippen LogP contribution in [0.5, 0.6) is 0 Å². The molecule has 0 fully saturated rings. The third-order valence-electron chi connectivity index (χ3n) is 2.50. The van der Waals surface area contributed by atoms with E-state index < -0.39 is 24.0 Å². The van der Waals surface area contributed by atoms with Crippen molar-refractivity contribution >= 4 is 18.4 Å².